The number of piperazine rings is 1. The van der Waals surface area contributed by atoms with Gasteiger partial charge in [0.05, 0.1) is 10.7 Å². The summed E-state index contributed by atoms with van der Waals surface area (Å²) in [5.41, 5.74) is 2.07. The zero-order chi connectivity index (χ0) is 11.4. The summed E-state index contributed by atoms with van der Waals surface area (Å²) in [5.74, 6) is 0. The van der Waals surface area contributed by atoms with Crippen LogP contribution in [0.4, 0.5) is 0 Å². The first kappa shape index (κ1) is 11.8. The number of aryl methyl sites for hydroxylation is 1. The second kappa shape index (κ2) is 5.62. The van der Waals surface area contributed by atoms with Crippen LogP contribution in [0.15, 0.2) is 12.1 Å². The van der Waals surface area contributed by atoms with Crippen LogP contribution in [0, 0.1) is 6.92 Å². The lowest BCUT2D eigenvalue weighted by Crippen LogP contribution is -2.44. The molecule has 0 amide bonds. The Hall–Kier alpha value is -0.640. The molecule has 1 aromatic heterocycles. The third kappa shape index (κ3) is 3.17. The number of hydrogen-bond acceptors (Lipinski definition) is 3. The molecule has 1 fully saturated rings. The summed E-state index contributed by atoms with van der Waals surface area (Å²) in [7, 11) is 0. The highest BCUT2D eigenvalue weighted by molar-refractivity contribution is 6.31. The van der Waals surface area contributed by atoms with Crippen molar-refractivity contribution >= 4 is 11.6 Å². The first-order valence-electron chi connectivity index (χ1n) is 5.81. The molecule has 2 heterocycles. The zero-order valence-corrected chi connectivity index (χ0v) is 10.4. The first-order valence-corrected chi connectivity index (χ1v) is 6.18. The summed E-state index contributed by atoms with van der Waals surface area (Å²) in [6, 6.07) is 3.90. The van der Waals surface area contributed by atoms with Gasteiger partial charge in [-0.05, 0) is 19.1 Å². The molecule has 3 nitrogen and oxygen atoms in total. The van der Waals surface area contributed by atoms with Crippen molar-refractivity contribution in [3.05, 3.63) is 28.5 Å². The fourth-order valence-corrected chi connectivity index (χ4v) is 2.17. The van der Waals surface area contributed by atoms with Gasteiger partial charge in [0.2, 0.25) is 0 Å². The first-order chi connectivity index (χ1) is 7.75. The van der Waals surface area contributed by atoms with Crippen molar-refractivity contribution in [3.8, 4) is 0 Å². The van der Waals surface area contributed by atoms with E-state index in [4.69, 9.17) is 11.6 Å². The zero-order valence-electron chi connectivity index (χ0n) is 9.67. The average molecular weight is 240 g/mol. The summed E-state index contributed by atoms with van der Waals surface area (Å²) in [6.45, 7) is 7.50. The molecule has 1 saturated heterocycles. The fourth-order valence-electron chi connectivity index (χ4n) is 1.97. The van der Waals surface area contributed by atoms with Gasteiger partial charge < -0.3 is 10.2 Å². The number of hydrogen-bond donors (Lipinski definition) is 1. The Morgan fingerprint density at radius 2 is 2.12 bits per heavy atom. The van der Waals surface area contributed by atoms with Gasteiger partial charge in [-0.1, -0.05) is 11.6 Å². The van der Waals surface area contributed by atoms with Crippen molar-refractivity contribution < 1.29 is 0 Å². The maximum atomic E-state index is 6.12. The Morgan fingerprint density at radius 1 is 1.38 bits per heavy atom. The minimum Gasteiger partial charge on any atom is -0.314 e. The van der Waals surface area contributed by atoms with Gasteiger partial charge in [0.1, 0.15) is 0 Å². The van der Waals surface area contributed by atoms with Crippen LogP contribution in [0.1, 0.15) is 11.4 Å². The minimum atomic E-state index is 0.792. The minimum absolute atomic E-state index is 0.792. The largest absolute Gasteiger partial charge is 0.314 e. The highest BCUT2D eigenvalue weighted by Gasteiger charge is 2.10. The van der Waals surface area contributed by atoms with Crippen molar-refractivity contribution in [3.63, 3.8) is 0 Å². The quantitative estimate of drug-likeness (QED) is 0.867. The molecule has 16 heavy (non-hydrogen) atoms. The molecule has 0 aliphatic carbocycles. The van der Waals surface area contributed by atoms with Crippen LogP contribution in [0.5, 0.6) is 0 Å². The van der Waals surface area contributed by atoms with E-state index in [0.29, 0.717) is 0 Å². The van der Waals surface area contributed by atoms with Gasteiger partial charge in [0, 0.05) is 44.8 Å². The van der Waals surface area contributed by atoms with Gasteiger partial charge in [-0.15, -0.1) is 0 Å². The van der Waals surface area contributed by atoms with Crippen LogP contribution in [-0.2, 0) is 6.42 Å². The van der Waals surface area contributed by atoms with Crippen LogP contribution < -0.4 is 5.32 Å². The molecular weight excluding hydrogens is 222 g/mol. The molecule has 88 valence electrons. The predicted molar refractivity (Wildman–Crippen MR) is 67.0 cm³/mol. The number of nitrogens with one attached hydrogen (secondary N) is 1. The van der Waals surface area contributed by atoms with Crippen LogP contribution >= 0.6 is 11.6 Å². The summed E-state index contributed by atoms with van der Waals surface area (Å²) < 4.78 is 0. The summed E-state index contributed by atoms with van der Waals surface area (Å²) in [5, 5.41) is 4.14. The molecule has 0 atom stereocenters. The topological polar surface area (TPSA) is 28.2 Å². The molecule has 0 unspecified atom stereocenters. The smallest absolute Gasteiger partial charge is 0.0622 e. The summed E-state index contributed by atoms with van der Waals surface area (Å²) in [4.78, 5) is 6.94. The Kier molecular flexibility index (Phi) is 4.16. The predicted octanol–water partition coefficient (Wildman–Crippen LogP) is 1.49. The Morgan fingerprint density at radius 3 is 2.88 bits per heavy atom. The lowest BCUT2D eigenvalue weighted by Gasteiger charge is -2.27. The number of pyridine rings is 1. The number of nitrogens with zero attached hydrogens (tertiary/aromatic N) is 2. The van der Waals surface area contributed by atoms with Crippen molar-refractivity contribution in [1.82, 2.24) is 15.2 Å². The van der Waals surface area contributed by atoms with E-state index in [2.05, 4.69) is 15.2 Å². The van der Waals surface area contributed by atoms with E-state index < -0.39 is 0 Å². The van der Waals surface area contributed by atoms with E-state index >= 15 is 0 Å². The molecule has 0 aromatic carbocycles. The normalized spacial score (nSPS) is 17.6. The van der Waals surface area contributed by atoms with Crippen LogP contribution in [0.25, 0.3) is 0 Å². The van der Waals surface area contributed by atoms with Crippen LogP contribution in [0.2, 0.25) is 5.02 Å². The Labute approximate surface area is 102 Å². The van der Waals surface area contributed by atoms with Crippen LogP contribution in [-0.4, -0.2) is 42.6 Å². The standard InChI is InChI=1S/C12H18ClN3/c1-10-2-3-11(13)12(15-10)4-7-16-8-5-14-6-9-16/h2-3,14H,4-9H2,1H3. The summed E-state index contributed by atoms with van der Waals surface area (Å²) >= 11 is 6.12. The molecule has 2 rings (SSSR count). The average Bonchev–Trinajstić information content (AvgIpc) is 2.32. The second-order valence-electron chi connectivity index (χ2n) is 4.22. The van der Waals surface area contributed by atoms with Gasteiger partial charge in [-0.25, -0.2) is 0 Å². The molecule has 1 aromatic rings. The van der Waals surface area contributed by atoms with Gasteiger partial charge in [-0.3, -0.25) is 4.98 Å². The van der Waals surface area contributed by atoms with Crippen molar-refractivity contribution in [2.75, 3.05) is 32.7 Å². The molecule has 0 saturated carbocycles. The lowest BCUT2D eigenvalue weighted by atomic mass is 10.2. The maximum Gasteiger partial charge on any atom is 0.0622 e. The van der Waals surface area contributed by atoms with E-state index in [1.54, 1.807) is 0 Å². The fraction of sp³-hybridized carbons (Fsp3) is 0.583. The van der Waals surface area contributed by atoms with Crippen LogP contribution in [0.3, 0.4) is 0 Å². The SMILES string of the molecule is Cc1ccc(Cl)c(CCN2CCNCC2)n1. The number of aromatic nitrogens is 1. The van der Waals surface area contributed by atoms with Crippen molar-refractivity contribution in [2.45, 2.75) is 13.3 Å². The monoisotopic (exact) mass is 239 g/mol. The van der Waals surface area contributed by atoms with E-state index in [-0.39, 0.29) is 0 Å². The van der Waals surface area contributed by atoms with E-state index in [0.717, 1.165) is 55.6 Å². The van der Waals surface area contributed by atoms with Gasteiger partial charge in [0.15, 0.2) is 0 Å². The third-order valence-electron chi connectivity index (χ3n) is 2.93. The number of halogens is 1. The molecule has 0 radical (unpaired) electrons. The Bertz CT molecular complexity index is 348. The van der Waals surface area contributed by atoms with E-state index in [9.17, 15) is 0 Å². The molecular formula is C12H18ClN3. The third-order valence-corrected chi connectivity index (χ3v) is 3.28. The maximum absolute atomic E-state index is 6.12. The van der Waals surface area contributed by atoms with Crippen molar-refractivity contribution in [2.24, 2.45) is 0 Å². The summed E-state index contributed by atoms with van der Waals surface area (Å²) in [6.07, 6.45) is 0.945. The van der Waals surface area contributed by atoms with Gasteiger partial charge >= 0.3 is 0 Å². The highest BCUT2D eigenvalue weighted by atomic mass is 35.5. The molecule has 1 N–H and O–H groups in total. The Balaban J connectivity index is 1.90. The van der Waals surface area contributed by atoms with Gasteiger partial charge in [-0.2, -0.15) is 0 Å². The van der Waals surface area contributed by atoms with Gasteiger partial charge in [0.25, 0.3) is 0 Å². The number of rotatable bonds is 3. The van der Waals surface area contributed by atoms with E-state index in [1.807, 2.05) is 19.1 Å². The molecule has 4 heteroatoms. The second-order valence-corrected chi connectivity index (χ2v) is 4.63. The van der Waals surface area contributed by atoms with Crippen molar-refractivity contribution in [1.29, 1.82) is 0 Å². The highest BCUT2D eigenvalue weighted by Crippen LogP contribution is 2.14. The van der Waals surface area contributed by atoms with E-state index in [1.165, 1.54) is 0 Å². The molecule has 1 aliphatic rings. The molecule has 1 aliphatic heterocycles. The molecule has 0 spiro atoms. The molecule has 0 bridgehead atoms. The lowest BCUT2D eigenvalue weighted by molar-refractivity contribution is 0.243.